The van der Waals surface area contributed by atoms with Crippen LogP contribution in [0.5, 0.6) is 5.75 Å². The van der Waals surface area contributed by atoms with Gasteiger partial charge in [-0.05, 0) is 30.2 Å². The van der Waals surface area contributed by atoms with Crippen LogP contribution in [0.2, 0.25) is 0 Å². The Morgan fingerprint density at radius 1 is 0.711 bits per heavy atom. The van der Waals surface area contributed by atoms with Crippen molar-refractivity contribution >= 4 is 11.6 Å². The predicted molar refractivity (Wildman–Crippen MR) is 158 cm³/mol. The molecule has 3 aromatic rings. The van der Waals surface area contributed by atoms with Crippen LogP contribution in [0.3, 0.4) is 0 Å². The molecule has 0 saturated carbocycles. The standard InChI is InChI=1S/C34H46N2O2/c1-2-3-4-5-6-7-8-9-10-11-12-18-27-38-32-23-21-30(22-24-32)28-34(37)35-33-20-15-14-19-31(33)29-36-25-16-13-17-26-36/h13-17,19-26H,2-12,18,27-29H2,1H3/p+1. The molecule has 1 aromatic heterocycles. The van der Waals surface area contributed by atoms with Gasteiger partial charge in [-0.15, -0.1) is 0 Å². The van der Waals surface area contributed by atoms with E-state index in [9.17, 15) is 4.79 Å². The van der Waals surface area contributed by atoms with Crippen LogP contribution in [0.4, 0.5) is 5.69 Å². The quantitative estimate of drug-likeness (QED) is 0.129. The van der Waals surface area contributed by atoms with E-state index in [-0.39, 0.29) is 5.91 Å². The molecule has 3 rings (SSSR count). The molecule has 2 aromatic carbocycles. The van der Waals surface area contributed by atoms with Crippen molar-refractivity contribution < 1.29 is 14.1 Å². The minimum atomic E-state index is -0.0133. The molecule has 0 atom stereocenters. The highest BCUT2D eigenvalue weighted by molar-refractivity contribution is 5.93. The molecule has 1 amide bonds. The SMILES string of the molecule is CCCCCCCCCCCCCCOc1ccc(CC(=O)Nc2ccccc2C[n+]2ccccc2)cc1. The van der Waals surface area contributed by atoms with Gasteiger partial charge in [0.15, 0.2) is 18.9 Å². The van der Waals surface area contributed by atoms with Crippen LogP contribution in [0.15, 0.2) is 79.1 Å². The molecule has 1 heterocycles. The summed E-state index contributed by atoms with van der Waals surface area (Å²) in [6.07, 6.45) is 20.5. The van der Waals surface area contributed by atoms with Gasteiger partial charge in [0.2, 0.25) is 5.91 Å². The van der Waals surface area contributed by atoms with Crippen molar-refractivity contribution in [3.05, 3.63) is 90.3 Å². The first-order valence-electron chi connectivity index (χ1n) is 14.8. The molecule has 0 aliphatic carbocycles. The van der Waals surface area contributed by atoms with Crippen molar-refractivity contribution in [1.82, 2.24) is 0 Å². The number of hydrogen-bond donors (Lipinski definition) is 1. The number of aromatic nitrogens is 1. The number of carbonyl (C=O) groups is 1. The van der Waals surface area contributed by atoms with E-state index in [1.165, 1.54) is 70.6 Å². The lowest BCUT2D eigenvalue weighted by Gasteiger charge is -2.10. The van der Waals surface area contributed by atoms with Crippen LogP contribution in [-0.2, 0) is 17.8 Å². The number of nitrogens with zero attached hydrogens (tertiary/aromatic N) is 1. The zero-order valence-corrected chi connectivity index (χ0v) is 23.4. The molecule has 38 heavy (non-hydrogen) atoms. The summed E-state index contributed by atoms with van der Waals surface area (Å²) in [4.78, 5) is 12.7. The summed E-state index contributed by atoms with van der Waals surface area (Å²) in [5.74, 6) is 0.864. The van der Waals surface area contributed by atoms with Gasteiger partial charge in [-0.1, -0.05) is 114 Å². The maximum absolute atomic E-state index is 12.7. The largest absolute Gasteiger partial charge is 0.494 e. The number of pyridine rings is 1. The summed E-state index contributed by atoms with van der Waals surface area (Å²) in [7, 11) is 0. The number of hydrogen-bond acceptors (Lipinski definition) is 2. The first-order valence-corrected chi connectivity index (χ1v) is 14.8. The Morgan fingerprint density at radius 2 is 1.32 bits per heavy atom. The summed E-state index contributed by atoms with van der Waals surface area (Å²) in [5.41, 5.74) is 2.92. The number of para-hydroxylation sites is 1. The average Bonchev–Trinajstić information content (AvgIpc) is 2.94. The van der Waals surface area contributed by atoms with Gasteiger partial charge in [0.1, 0.15) is 5.75 Å². The second kappa shape index (κ2) is 18.2. The van der Waals surface area contributed by atoms with E-state index in [0.29, 0.717) is 13.0 Å². The van der Waals surface area contributed by atoms with Crippen LogP contribution >= 0.6 is 0 Å². The summed E-state index contributed by atoms with van der Waals surface area (Å²) in [6.45, 7) is 3.74. The Kier molecular flexibility index (Phi) is 14.1. The fourth-order valence-electron chi connectivity index (χ4n) is 4.73. The lowest BCUT2D eigenvalue weighted by atomic mass is 10.1. The van der Waals surface area contributed by atoms with E-state index < -0.39 is 0 Å². The van der Waals surface area contributed by atoms with Gasteiger partial charge < -0.3 is 10.1 Å². The van der Waals surface area contributed by atoms with Crippen LogP contribution in [0, 0.1) is 0 Å². The zero-order chi connectivity index (χ0) is 26.7. The highest BCUT2D eigenvalue weighted by Crippen LogP contribution is 2.17. The first-order chi connectivity index (χ1) is 18.7. The van der Waals surface area contributed by atoms with Crippen LogP contribution < -0.4 is 14.6 Å². The lowest BCUT2D eigenvalue weighted by Crippen LogP contribution is -2.33. The van der Waals surface area contributed by atoms with Crippen molar-refractivity contribution in [2.24, 2.45) is 0 Å². The molecule has 0 unspecified atom stereocenters. The van der Waals surface area contributed by atoms with Crippen LogP contribution in [0.1, 0.15) is 95.1 Å². The molecule has 1 N–H and O–H groups in total. The van der Waals surface area contributed by atoms with E-state index in [4.69, 9.17) is 4.74 Å². The number of ether oxygens (including phenoxy) is 1. The van der Waals surface area contributed by atoms with Crippen LogP contribution in [0.25, 0.3) is 0 Å². The molecule has 0 radical (unpaired) electrons. The summed E-state index contributed by atoms with van der Waals surface area (Å²) in [5, 5.41) is 3.09. The van der Waals surface area contributed by atoms with E-state index in [1.807, 2.05) is 73.1 Å². The third-order valence-electron chi connectivity index (χ3n) is 6.98. The minimum absolute atomic E-state index is 0.0133. The maximum atomic E-state index is 12.7. The molecular formula is C34H47N2O2+. The smallest absolute Gasteiger partial charge is 0.228 e. The molecule has 4 heteroatoms. The van der Waals surface area contributed by atoms with E-state index >= 15 is 0 Å². The van der Waals surface area contributed by atoms with Crippen molar-refractivity contribution in [3.63, 3.8) is 0 Å². The number of benzene rings is 2. The van der Waals surface area contributed by atoms with E-state index in [0.717, 1.165) is 35.6 Å². The van der Waals surface area contributed by atoms with E-state index in [1.54, 1.807) is 0 Å². The minimum Gasteiger partial charge on any atom is -0.494 e. The number of rotatable bonds is 19. The third-order valence-corrected chi connectivity index (χ3v) is 6.98. The molecule has 0 fully saturated rings. The van der Waals surface area contributed by atoms with Gasteiger partial charge in [-0.25, -0.2) is 4.57 Å². The maximum Gasteiger partial charge on any atom is 0.228 e. The zero-order valence-electron chi connectivity index (χ0n) is 23.4. The Hall–Kier alpha value is -3.14. The molecule has 0 aliphatic heterocycles. The molecule has 204 valence electrons. The molecule has 0 bridgehead atoms. The third kappa shape index (κ3) is 11.9. The topological polar surface area (TPSA) is 42.2 Å². The Balaban J connectivity index is 1.28. The normalized spacial score (nSPS) is 10.9. The summed E-state index contributed by atoms with van der Waals surface area (Å²) < 4.78 is 8.02. The number of amides is 1. The van der Waals surface area contributed by atoms with Gasteiger partial charge in [-0.2, -0.15) is 0 Å². The molecule has 4 nitrogen and oxygen atoms in total. The highest BCUT2D eigenvalue weighted by Gasteiger charge is 2.11. The van der Waals surface area contributed by atoms with E-state index in [2.05, 4.69) is 22.9 Å². The Labute approximate surface area is 230 Å². The lowest BCUT2D eigenvalue weighted by molar-refractivity contribution is -0.688. The molecule has 0 aliphatic rings. The second-order valence-corrected chi connectivity index (χ2v) is 10.3. The Bertz CT molecular complexity index is 1030. The van der Waals surface area contributed by atoms with Gasteiger partial charge in [0, 0.05) is 17.7 Å². The highest BCUT2D eigenvalue weighted by atomic mass is 16.5. The predicted octanol–water partition coefficient (Wildman–Crippen LogP) is 8.28. The van der Waals surface area contributed by atoms with Crippen molar-refractivity contribution in [3.8, 4) is 5.75 Å². The summed E-state index contributed by atoms with van der Waals surface area (Å²) in [6, 6.07) is 21.9. The fourth-order valence-corrected chi connectivity index (χ4v) is 4.73. The molecule has 0 spiro atoms. The van der Waals surface area contributed by atoms with Gasteiger partial charge in [0.05, 0.1) is 18.7 Å². The first kappa shape index (κ1) is 29.4. The fraction of sp³-hybridized carbons (Fsp3) is 0.471. The van der Waals surface area contributed by atoms with Gasteiger partial charge in [-0.3, -0.25) is 4.79 Å². The second-order valence-electron chi connectivity index (χ2n) is 10.3. The number of anilines is 1. The molecule has 0 saturated heterocycles. The van der Waals surface area contributed by atoms with Crippen molar-refractivity contribution in [2.75, 3.05) is 11.9 Å². The average molecular weight is 516 g/mol. The Morgan fingerprint density at radius 3 is 1.97 bits per heavy atom. The van der Waals surface area contributed by atoms with Crippen LogP contribution in [-0.4, -0.2) is 12.5 Å². The van der Waals surface area contributed by atoms with Gasteiger partial charge >= 0.3 is 0 Å². The summed E-state index contributed by atoms with van der Waals surface area (Å²) >= 11 is 0. The number of carbonyl (C=O) groups excluding carboxylic acids is 1. The van der Waals surface area contributed by atoms with Gasteiger partial charge in [0.25, 0.3) is 0 Å². The number of nitrogens with one attached hydrogen (secondary N) is 1. The monoisotopic (exact) mass is 515 g/mol. The molecular weight excluding hydrogens is 468 g/mol. The van der Waals surface area contributed by atoms with Crippen molar-refractivity contribution in [2.45, 2.75) is 96.9 Å². The van der Waals surface area contributed by atoms with Crippen molar-refractivity contribution in [1.29, 1.82) is 0 Å². The number of unbranched alkanes of at least 4 members (excludes halogenated alkanes) is 11.